The van der Waals surface area contributed by atoms with Crippen molar-refractivity contribution in [1.82, 2.24) is 9.55 Å². The number of imidazole rings is 1. The van der Waals surface area contributed by atoms with Gasteiger partial charge in [0.15, 0.2) is 6.29 Å². The van der Waals surface area contributed by atoms with Crippen LogP contribution in [0, 0.1) is 0 Å². The van der Waals surface area contributed by atoms with E-state index in [9.17, 15) is 4.79 Å². The first-order valence-electron chi connectivity index (χ1n) is 5.54. The quantitative estimate of drug-likeness (QED) is 0.738. The Labute approximate surface area is 98.9 Å². The molecule has 2 heterocycles. The average Bonchev–Trinajstić information content (AvgIpc) is 2.81. The molecule has 2 aromatic rings. The molecule has 0 unspecified atom stereocenters. The van der Waals surface area contributed by atoms with E-state index < -0.39 is 0 Å². The van der Waals surface area contributed by atoms with Crippen LogP contribution >= 0.6 is 0 Å². The Morgan fingerprint density at radius 2 is 2.18 bits per heavy atom. The van der Waals surface area contributed by atoms with E-state index in [1.807, 2.05) is 34.9 Å². The van der Waals surface area contributed by atoms with Gasteiger partial charge in [-0.2, -0.15) is 0 Å². The average molecular weight is 228 g/mol. The van der Waals surface area contributed by atoms with Crippen LogP contribution in [0.25, 0.3) is 0 Å². The third-order valence-corrected chi connectivity index (χ3v) is 3.05. The zero-order chi connectivity index (χ0) is 11.7. The molecule has 0 fully saturated rings. The third kappa shape index (κ3) is 1.76. The minimum absolute atomic E-state index is 0.0393. The van der Waals surface area contributed by atoms with Crippen molar-refractivity contribution in [3.63, 3.8) is 0 Å². The van der Waals surface area contributed by atoms with Crippen LogP contribution in [0.5, 0.6) is 0 Å². The molecular formula is C13H12N2O2. The molecule has 1 aliphatic heterocycles. The van der Waals surface area contributed by atoms with E-state index in [1.54, 1.807) is 6.33 Å². The Bertz CT molecular complexity index is 534. The zero-order valence-corrected chi connectivity index (χ0v) is 9.24. The van der Waals surface area contributed by atoms with Crippen molar-refractivity contribution in [2.75, 3.05) is 0 Å². The molecule has 3 rings (SSSR count). The highest BCUT2D eigenvalue weighted by molar-refractivity contribution is 5.73. The van der Waals surface area contributed by atoms with Gasteiger partial charge in [0.05, 0.1) is 25.2 Å². The fourth-order valence-corrected chi connectivity index (χ4v) is 2.12. The zero-order valence-electron chi connectivity index (χ0n) is 9.24. The lowest BCUT2D eigenvalue weighted by Crippen LogP contribution is -2.20. The first-order valence-corrected chi connectivity index (χ1v) is 5.54. The fourth-order valence-electron chi connectivity index (χ4n) is 2.12. The first-order chi connectivity index (χ1) is 8.38. The summed E-state index contributed by atoms with van der Waals surface area (Å²) in [5.74, 6) is 0. The van der Waals surface area contributed by atoms with Crippen LogP contribution in [0.4, 0.5) is 0 Å². The number of aromatic nitrogens is 2. The van der Waals surface area contributed by atoms with Gasteiger partial charge in [0, 0.05) is 0 Å². The van der Waals surface area contributed by atoms with E-state index in [1.165, 1.54) is 0 Å². The van der Waals surface area contributed by atoms with E-state index in [0.717, 1.165) is 17.5 Å². The van der Waals surface area contributed by atoms with Crippen molar-refractivity contribution >= 4 is 6.29 Å². The molecule has 4 nitrogen and oxygen atoms in total. The van der Waals surface area contributed by atoms with Crippen molar-refractivity contribution in [3.05, 3.63) is 53.6 Å². The van der Waals surface area contributed by atoms with E-state index in [0.29, 0.717) is 18.8 Å². The van der Waals surface area contributed by atoms with Crippen molar-refractivity contribution < 1.29 is 9.53 Å². The van der Waals surface area contributed by atoms with Gasteiger partial charge in [0.25, 0.3) is 0 Å². The Hall–Kier alpha value is -1.94. The highest BCUT2D eigenvalue weighted by Crippen LogP contribution is 2.26. The second-order valence-electron chi connectivity index (χ2n) is 4.06. The number of nitrogens with zero attached hydrogens (tertiary/aromatic N) is 2. The summed E-state index contributed by atoms with van der Waals surface area (Å²) in [7, 11) is 0. The third-order valence-electron chi connectivity index (χ3n) is 3.05. The lowest BCUT2D eigenvalue weighted by atomic mass is 10.1. The summed E-state index contributed by atoms with van der Waals surface area (Å²) in [6.45, 7) is 1.15. The summed E-state index contributed by atoms with van der Waals surface area (Å²) in [4.78, 5) is 14.8. The molecule has 0 amide bonds. The van der Waals surface area contributed by atoms with Crippen LogP contribution in [0.2, 0.25) is 0 Å². The van der Waals surface area contributed by atoms with Crippen molar-refractivity contribution in [3.8, 4) is 0 Å². The van der Waals surface area contributed by atoms with Gasteiger partial charge in [-0.15, -0.1) is 0 Å². The van der Waals surface area contributed by atoms with Gasteiger partial charge in [-0.3, -0.25) is 4.79 Å². The normalized spacial score (nSPS) is 18.7. The summed E-state index contributed by atoms with van der Waals surface area (Å²) in [5.41, 5.74) is 2.50. The number of ether oxygens (including phenoxy) is 1. The predicted molar refractivity (Wildman–Crippen MR) is 61.6 cm³/mol. The molecule has 1 aromatic carbocycles. The highest BCUT2D eigenvalue weighted by Gasteiger charge is 2.22. The number of aldehydes is 1. The van der Waals surface area contributed by atoms with Gasteiger partial charge in [0.1, 0.15) is 11.8 Å². The summed E-state index contributed by atoms with van der Waals surface area (Å²) in [6, 6.07) is 10.1. The van der Waals surface area contributed by atoms with E-state index in [-0.39, 0.29) is 6.10 Å². The van der Waals surface area contributed by atoms with Crippen LogP contribution in [-0.4, -0.2) is 15.8 Å². The topological polar surface area (TPSA) is 44.1 Å². The van der Waals surface area contributed by atoms with Gasteiger partial charge < -0.3 is 9.30 Å². The Morgan fingerprint density at radius 3 is 2.94 bits per heavy atom. The Morgan fingerprint density at radius 1 is 1.35 bits per heavy atom. The minimum atomic E-state index is 0.0393. The van der Waals surface area contributed by atoms with Crippen LogP contribution in [0.15, 0.2) is 36.7 Å². The molecule has 1 atom stereocenters. The lowest BCUT2D eigenvalue weighted by molar-refractivity contribution is 0.00275. The number of benzene rings is 1. The monoisotopic (exact) mass is 228 g/mol. The van der Waals surface area contributed by atoms with Crippen molar-refractivity contribution in [2.45, 2.75) is 19.3 Å². The molecule has 0 saturated heterocycles. The molecule has 0 radical (unpaired) electrons. The number of carbonyl (C=O) groups is 1. The first kappa shape index (κ1) is 10.2. The molecule has 0 aliphatic carbocycles. The van der Waals surface area contributed by atoms with Crippen LogP contribution < -0.4 is 0 Å². The number of rotatable bonds is 2. The largest absolute Gasteiger partial charge is 0.365 e. The molecule has 0 N–H and O–H groups in total. The Balaban J connectivity index is 1.89. The molecule has 1 aromatic heterocycles. The summed E-state index contributed by atoms with van der Waals surface area (Å²) >= 11 is 0. The highest BCUT2D eigenvalue weighted by atomic mass is 16.5. The summed E-state index contributed by atoms with van der Waals surface area (Å²) < 4.78 is 7.76. The van der Waals surface area contributed by atoms with Gasteiger partial charge in [0.2, 0.25) is 0 Å². The maximum Gasteiger partial charge on any atom is 0.170 e. The molecule has 0 spiro atoms. The molecule has 17 heavy (non-hydrogen) atoms. The smallest absolute Gasteiger partial charge is 0.170 e. The van der Waals surface area contributed by atoms with Crippen LogP contribution in [0.1, 0.15) is 27.8 Å². The molecule has 0 bridgehead atoms. The van der Waals surface area contributed by atoms with E-state index in [4.69, 9.17) is 4.74 Å². The second kappa shape index (κ2) is 4.14. The standard InChI is InChI=1S/C13H12N2O2/c16-7-11-12-8-17-13(6-15(12)9-14-11)10-4-2-1-3-5-10/h1-5,7,9,13H,6,8H2/t13-/m0/s1. The molecular weight excluding hydrogens is 216 g/mol. The molecule has 0 saturated carbocycles. The van der Waals surface area contributed by atoms with Gasteiger partial charge in [-0.1, -0.05) is 30.3 Å². The Kier molecular flexibility index (Phi) is 2.49. The van der Waals surface area contributed by atoms with Crippen LogP contribution in [0.3, 0.4) is 0 Å². The summed E-state index contributed by atoms with van der Waals surface area (Å²) in [5, 5.41) is 0. The fraction of sp³-hybridized carbons (Fsp3) is 0.231. The van der Waals surface area contributed by atoms with Crippen molar-refractivity contribution in [1.29, 1.82) is 0 Å². The minimum Gasteiger partial charge on any atom is -0.365 e. The number of hydrogen-bond acceptors (Lipinski definition) is 3. The van der Waals surface area contributed by atoms with Gasteiger partial charge in [-0.25, -0.2) is 4.98 Å². The molecule has 1 aliphatic rings. The summed E-state index contributed by atoms with van der Waals surface area (Å²) in [6.07, 6.45) is 2.52. The van der Waals surface area contributed by atoms with Gasteiger partial charge in [-0.05, 0) is 5.56 Å². The van der Waals surface area contributed by atoms with Crippen LogP contribution in [-0.2, 0) is 17.9 Å². The molecule has 4 heteroatoms. The lowest BCUT2D eigenvalue weighted by Gasteiger charge is -2.25. The van der Waals surface area contributed by atoms with Gasteiger partial charge >= 0.3 is 0 Å². The SMILES string of the molecule is O=Cc1ncn2c1CO[C@H](c1ccccc1)C2. The molecule has 86 valence electrons. The second-order valence-corrected chi connectivity index (χ2v) is 4.06. The van der Waals surface area contributed by atoms with E-state index in [2.05, 4.69) is 4.98 Å². The maximum absolute atomic E-state index is 10.8. The maximum atomic E-state index is 10.8. The van der Waals surface area contributed by atoms with E-state index >= 15 is 0 Å². The number of hydrogen-bond donors (Lipinski definition) is 0. The number of carbonyl (C=O) groups excluding carboxylic acids is 1. The number of fused-ring (bicyclic) bond motifs is 1. The predicted octanol–water partition coefficient (Wildman–Crippen LogP) is 1.97. The van der Waals surface area contributed by atoms with Crippen molar-refractivity contribution in [2.24, 2.45) is 0 Å².